The third-order valence-corrected chi connectivity index (χ3v) is 5.67. The number of ether oxygens (including phenoxy) is 2. The van der Waals surface area contributed by atoms with E-state index in [9.17, 15) is 4.79 Å². The average molecular weight is 460 g/mol. The maximum absolute atomic E-state index is 12.5. The van der Waals surface area contributed by atoms with Crippen molar-refractivity contribution in [3.63, 3.8) is 0 Å². The Balaban J connectivity index is 0.000000868. The highest BCUT2D eigenvalue weighted by atomic mass is 16.5. The highest BCUT2D eigenvalue weighted by Gasteiger charge is 2.29. The van der Waals surface area contributed by atoms with Crippen molar-refractivity contribution in [3.05, 3.63) is 77.4 Å². The van der Waals surface area contributed by atoms with Crippen molar-refractivity contribution in [2.45, 2.75) is 18.9 Å². The minimum absolute atomic E-state index is 0.0426. The fourth-order valence-electron chi connectivity index (χ4n) is 4.08. The van der Waals surface area contributed by atoms with Crippen LogP contribution in [0.5, 0.6) is 11.5 Å². The number of aryl methyl sites for hydroxylation is 1. The van der Waals surface area contributed by atoms with Crippen LogP contribution in [0.1, 0.15) is 29.0 Å². The van der Waals surface area contributed by atoms with E-state index in [0.29, 0.717) is 30.0 Å². The highest BCUT2D eigenvalue weighted by molar-refractivity contribution is 6.03. The molecule has 2 heterocycles. The number of fused-ring (bicyclic) bond motifs is 3. The number of amides is 1. The molecule has 0 radical (unpaired) electrons. The Hall–Kier alpha value is -4.40. The first-order valence-corrected chi connectivity index (χ1v) is 10.6. The normalized spacial score (nSPS) is 14.4. The molecule has 2 N–H and O–H groups in total. The van der Waals surface area contributed by atoms with Crippen molar-refractivity contribution in [2.75, 3.05) is 12.4 Å². The Labute approximate surface area is 195 Å². The zero-order valence-electron chi connectivity index (χ0n) is 18.8. The Morgan fingerprint density at radius 1 is 1.15 bits per heavy atom. The van der Waals surface area contributed by atoms with Crippen molar-refractivity contribution in [3.8, 4) is 11.5 Å². The van der Waals surface area contributed by atoms with Gasteiger partial charge in [-0.15, -0.1) is 5.10 Å². The monoisotopic (exact) mass is 460 g/mol. The summed E-state index contributed by atoms with van der Waals surface area (Å²) in [6.07, 6.45) is 0.353. The molecule has 0 fully saturated rings. The molecule has 1 atom stereocenters. The van der Waals surface area contributed by atoms with E-state index in [1.165, 1.54) is 0 Å². The van der Waals surface area contributed by atoms with E-state index >= 15 is 0 Å². The molecule has 34 heavy (non-hydrogen) atoms. The van der Waals surface area contributed by atoms with Crippen LogP contribution in [0.25, 0.3) is 11.0 Å². The molecule has 1 amide bonds. The SMILES string of the molecule is COc1cc(C2CC(=O)Nc3c2ccc2c3nnn2C)ccc1OCc1ccccc1.O=CO. The lowest BCUT2D eigenvalue weighted by Crippen LogP contribution is -2.23. The Morgan fingerprint density at radius 3 is 2.65 bits per heavy atom. The second-order valence-electron chi connectivity index (χ2n) is 7.71. The number of rotatable bonds is 5. The molecular weight excluding hydrogens is 436 g/mol. The number of nitrogens with one attached hydrogen (secondary N) is 1. The second-order valence-corrected chi connectivity index (χ2v) is 7.71. The van der Waals surface area contributed by atoms with Gasteiger partial charge in [0.05, 0.1) is 18.3 Å². The molecule has 9 heteroatoms. The van der Waals surface area contributed by atoms with Gasteiger partial charge in [-0.3, -0.25) is 9.59 Å². The zero-order chi connectivity index (χ0) is 24.1. The third kappa shape index (κ3) is 4.54. The van der Waals surface area contributed by atoms with Gasteiger partial charge in [0.25, 0.3) is 6.47 Å². The van der Waals surface area contributed by atoms with Crippen LogP contribution < -0.4 is 14.8 Å². The summed E-state index contributed by atoms with van der Waals surface area (Å²) < 4.78 is 13.3. The number of anilines is 1. The number of methoxy groups -OCH3 is 1. The van der Waals surface area contributed by atoms with Gasteiger partial charge >= 0.3 is 0 Å². The number of hydrogen-bond acceptors (Lipinski definition) is 6. The lowest BCUT2D eigenvalue weighted by atomic mass is 9.84. The van der Waals surface area contributed by atoms with Crippen molar-refractivity contribution in [2.24, 2.45) is 7.05 Å². The van der Waals surface area contributed by atoms with Gasteiger partial charge in [0, 0.05) is 19.4 Å². The average Bonchev–Trinajstić information content (AvgIpc) is 3.24. The summed E-state index contributed by atoms with van der Waals surface area (Å²) >= 11 is 0. The topological polar surface area (TPSA) is 116 Å². The molecule has 0 saturated carbocycles. The van der Waals surface area contributed by atoms with Gasteiger partial charge < -0.3 is 19.9 Å². The molecule has 0 bridgehead atoms. The van der Waals surface area contributed by atoms with Gasteiger partial charge in [-0.2, -0.15) is 0 Å². The number of benzene rings is 3. The summed E-state index contributed by atoms with van der Waals surface area (Å²) in [6.45, 7) is 0.204. The first-order valence-electron chi connectivity index (χ1n) is 10.6. The smallest absolute Gasteiger partial charge is 0.290 e. The number of hydrogen-bond donors (Lipinski definition) is 2. The van der Waals surface area contributed by atoms with E-state index in [2.05, 4.69) is 15.6 Å². The minimum Gasteiger partial charge on any atom is -0.493 e. The summed E-state index contributed by atoms with van der Waals surface area (Å²) in [5.41, 5.74) is 5.40. The summed E-state index contributed by atoms with van der Waals surface area (Å²) in [6, 6.07) is 19.9. The van der Waals surface area contributed by atoms with E-state index in [1.54, 1.807) is 11.8 Å². The quantitative estimate of drug-likeness (QED) is 0.436. The van der Waals surface area contributed by atoms with Gasteiger partial charge in [-0.25, -0.2) is 4.68 Å². The van der Waals surface area contributed by atoms with E-state index < -0.39 is 0 Å². The molecule has 9 nitrogen and oxygen atoms in total. The zero-order valence-corrected chi connectivity index (χ0v) is 18.8. The van der Waals surface area contributed by atoms with Crippen LogP contribution in [0, 0.1) is 0 Å². The summed E-state index contributed by atoms with van der Waals surface area (Å²) in [5.74, 6) is 1.16. The van der Waals surface area contributed by atoms with Crippen LogP contribution in [0.4, 0.5) is 5.69 Å². The molecule has 0 saturated heterocycles. The van der Waals surface area contributed by atoms with Gasteiger partial charge in [-0.1, -0.05) is 47.7 Å². The molecule has 4 aromatic rings. The number of carbonyl (C=O) groups excluding carboxylic acids is 1. The van der Waals surface area contributed by atoms with E-state index in [1.807, 2.05) is 67.7 Å². The maximum Gasteiger partial charge on any atom is 0.290 e. The predicted molar refractivity (Wildman–Crippen MR) is 126 cm³/mol. The van der Waals surface area contributed by atoms with Crippen molar-refractivity contribution in [1.82, 2.24) is 15.0 Å². The van der Waals surface area contributed by atoms with Crippen LogP contribution in [-0.4, -0.2) is 39.6 Å². The summed E-state index contributed by atoms with van der Waals surface area (Å²) in [7, 11) is 3.46. The van der Waals surface area contributed by atoms with Crippen molar-refractivity contribution >= 4 is 29.1 Å². The molecule has 1 aromatic heterocycles. The third-order valence-electron chi connectivity index (χ3n) is 5.67. The molecule has 1 aliphatic heterocycles. The standard InChI is InChI=1S/C24H22N4O3.CH2O2/c1-28-19-10-9-17-18(13-22(29)25-23(17)24(19)26-27-28)16-8-11-20(21(12-16)30-2)31-14-15-6-4-3-5-7-15;2-1-3/h3-12,18H,13-14H2,1-2H3,(H,25,29);1H,(H,2,3). The first-order chi connectivity index (χ1) is 16.5. The van der Waals surface area contributed by atoms with E-state index in [0.717, 1.165) is 27.9 Å². The van der Waals surface area contributed by atoms with Crippen LogP contribution in [0.15, 0.2) is 60.7 Å². The van der Waals surface area contributed by atoms with Gasteiger partial charge in [0.1, 0.15) is 12.1 Å². The van der Waals surface area contributed by atoms with Crippen LogP contribution in [0.2, 0.25) is 0 Å². The molecule has 174 valence electrons. The lowest BCUT2D eigenvalue weighted by molar-refractivity contribution is -0.123. The summed E-state index contributed by atoms with van der Waals surface area (Å²) in [4.78, 5) is 20.9. The Bertz CT molecular complexity index is 1320. The number of carbonyl (C=O) groups is 2. The molecule has 1 aliphatic rings. The molecular formula is C25H24N4O5. The van der Waals surface area contributed by atoms with Crippen LogP contribution in [-0.2, 0) is 23.2 Å². The van der Waals surface area contributed by atoms with Gasteiger partial charge in [-0.05, 0) is 34.9 Å². The second kappa shape index (κ2) is 10.0. The molecule has 3 aromatic carbocycles. The lowest BCUT2D eigenvalue weighted by Gasteiger charge is -2.26. The minimum atomic E-state index is -0.250. The van der Waals surface area contributed by atoms with Gasteiger partial charge in [0.2, 0.25) is 5.91 Å². The molecule has 0 spiro atoms. The Morgan fingerprint density at radius 2 is 1.91 bits per heavy atom. The maximum atomic E-state index is 12.5. The van der Waals surface area contributed by atoms with Crippen molar-refractivity contribution < 1.29 is 24.2 Å². The largest absolute Gasteiger partial charge is 0.493 e. The molecule has 5 rings (SSSR count). The van der Waals surface area contributed by atoms with E-state index in [4.69, 9.17) is 19.4 Å². The van der Waals surface area contributed by atoms with Crippen LogP contribution >= 0.6 is 0 Å². The molecule has 0 aliphatic carbocycles. The van der Waals surface area contributed by atoms with Gasteiger partial charge in [0.15, 0.2) is 11.5 Å². The predicted octanol–water partition coefficient (Wildman–Crippen LogP) is 3.73. The number of aromatic nitrogens is 3. The number of nitrogens with zero attached hydrogens (tertiary/aromatic N) is 3. The first kappa shape index (κ1) is 22.8. The highest BCUT2D eigenvalue weighted by Crippen LogP contribution is 2.42. The van der Waals surface area contributed by atoms with Crippen molar-refractivity contribution in [1.29, 1.82) is 0 Å². The van der Waals surface area contributed by atoms with Crippen LogP contribution in [0.3, 0.4) is 0 Å². The fraction of sp³-hybridized carbons (Fsp3) is 0.200. The fourth-order valence-corrected chi connectivity index (χ4v) is 4.08. The van der Waals surface area contributed by atoms with E-state index in [-0.39, 0.29) is 18.3 Å². The summed E-state index contributed by atoms with van der Waals surface area (Å²) in [5, 5.41) is 18.2. The Kier molecular flexibility index (Phi) is 6.72. The molecule has 1 unspecified atom stereocenters. The number of carboxylic acid groups (broad SMARTS) is 1.